The molecule has 0 bridgehead atoms. The van der Waals surface area contributed by atoms with Gasteiger partial charge in [-0.2, -0.15) is 36.3 Å². The Morgan fingerprint density at radius 2 is 1.52 bits per heavy atom. The number of hydrogen-bond donors (Lipinski definition) is 2. The van der Waals surface area contributed by atoms with Crippen LogP contribution in [-0.4, -0.2) is 46.6 Å². The van der Waals surface area contributed by atoms with Crippen molar-refractivity contribution in [2.45, 2.75) is 12.4 Å². The van der Waals surface area contributed by atoms with Gasteiger partial charge in [0, 0.05) is 0 Å². The van der Waals surface area contributed by atoms with Crippen molar-refractivity contribution in [1.82, 2.24) is 15.3 Å². The molecule has 1 aromatic heterocycles. The van der Waals surface area contributed by atoms with Crippen molar-refractivity contribution in [3.63, 3.8) is 0 Å². The molecule has 0 aliphatic heterocycles. The first kappa shape index (κ1) is 24.4. The number of alkyl halides is 6. The molecule has 2 N–H and O–H groups in total. The van der Waals surface area contributed by atoms with Crippen LogP contribution < -0.4 is 20.1 Å². The molecule has 7 nitrogen and oxygen atoms in total. The van der Waals surface area contributed by atoms with Gasteiger partial charge in [-0.1, -0.05) is 23.7 Å². The van der Waals surface area contributed by atoms with Gasteiger partial charge in [0.15, 0.2) is 18.3 Å². The molecule has 168 valence electrons. The van der Waals surface area contributed by atoms with E-state index in [-0.39, 0.29) is 10.6 Å². The molecule has 0 atom stereocenters. The maximum absolute atomic E-state index is 12.4. The number of ether oxygens (including phenoxy) is 2. The summed E-state index contributed by atoms with van der Waals surface area (Å²) in [6.45, 7) is -3.54. The van der Waals surface area contributed by atoms with E-state index in [0.29, 0.717) is 6.07 Å². The zero-order chi connectivity index (χ0) is 23.2. The van der Waals surface area contributed by atoms with Crippen molar-refractivity contribution in [3.8, 4) is 11.8 Å². The van der Waals surface area contributed by atoms with Gasteiger partial charge in [0.25, 0.3) is 5.91 Å². The van der Waals surface area contributed by atoms with Gasteiger partial charge in [-0.15, -0.1) is 0 Å². The number of rotatable bonds is 6. The highest BCUT2D eigenvalue weighted by Crippen LogP contribution is 2.23. The minimum Gasteiger partial charge on any atom is -0.468 e. The Morgan fingerprint density at radius 3 is 2.00 bits per heavy atom. The predicted octanol–water partition coefficient (Wildman–Crippen LogP) is 4.14. The maximum atomic E-state index is 12.4. The zero-order valence-corrected chi connectivity index (χ0v) is 16.5. The molecule has 0 unspecified atom stereocenters. The number of thiocarbonyl (C=S) groups is 1. The zero-order valence-electron chi connectivity index (χ0n) is 15.0. The van der Waals surface area contributed by atoms with E-state index in [4.69, 9.17) is 23.8 Å². The van der Waals surface area contributed by atoms with Crippen LogP contribution in [0.4, 0.5) is 32.3 Å². The lowest BCUT2D eigenvalue weighted by atomic mass is 10.2. The second-order valence-electron chi connectivity index (χ2n) is 5.56. The standard InChI is InChI=1S/C16H11ClF6N4O3S/c17-9-4-2-1-3-8(9)12(28)26-14(31)27-13-24-10(29-6-15(18,19)20)5-11(25-13)30-7-16(21,22)23/h1-5H,6-7H2,(H2,24,25,26,27,28,31). The lowest BCUT2D eigenvalue weighted by Crippen LogP contribution is -2.34. The van der Waals surface area contributed by atoms with E-state index in [1.54, 1.807) is 6.07 Å². The molecule has 0 aliphatic rings. The van der Waals surface area contributed by atoms with E-state index < -0.39 is 54.3 Å². The van der Waals surface area contributed by atoms with Gasteiger partial charge < -0.3 is 14.8 Å². The number of anilines is 1. The summed E-state index contributed by atoms with van der Waals surface area (Å²) >= 11 is 10.8. The minimum atomic E-state index is -4.73. The van der Waals surface area contributed by atoms with E-state index in [9.17, 15) is 31.1 Å². The molecule has 2 aromatic rings. The number of nitrogens with zero attached hydrogens (tertiary/aromatic N) is 2. The molecule has 0 spiro atoms. The highest BCUT2D eigenvalue weighted by molar-refractivity contribution is 7.80. The van der Waals surface area contributed by atoms with Crippen molar-refractivity contribution in [3.05, 3.63) is 40.9 Å². The summed E-state index contributed by atoms with van der Waals surface area (Å²) in [4.78, 5) is 19.3. The smallest absolute Gasteiger partial charge is 0.422 e. The van der Waals surface area contributed by atoms with Crippen molar-refractivity contribution in [2.24, 2.45) is 0 Å². The quantitative estimate of drug-likeness (QED) is 0.467. The van der Waals surface area contributed by atoms with Crippen molar-refractivity contribution in [1.29, 1.82) is 0 Å². The van der Waals surface area contributed by atoms with Crippen molar-refractivity contribution < 1.29 is 40.6 Å². The number of halogens is 7. The Kier molecular flexibility index (Phi) is 7.84. The van der Waals surface area contributed by atoms with Gasteiger partial charge in [-0.25, -0.2) is 0 Å². The molecule has 2 rings (SSSR count). The number of carbonyl (C=O) groups is 1. The van der Waals surface area contributed by atoms with Crippen molar-refractivity contribution >= 4 is 40.8 Å². The summed E-state index contributed by atoms with van der Waals surface area (Å²) in [6, 6.07) is 6.59. The van der Waals surface area contributed by atoms with Crippen LogP contribution in [-0.2, 0) is 0 Å². The van der Waals surface area contributed by atoms with Crippen LogP contribution in [0.15, 0.2) is 30.3 Å². The van der Waals surface area contributed by atoms with Crippen molar-refractivity contribution in [2.75, 3.05) is 18.5 Å². The fourth-order valence-electron chi connectivity index (χ4n) is 1.87. The van der Waals surface area contributed by atoms with Crippen LogP contribution in [0.3, 0.4) is 0 Å². The Balaban J connectivity index is 2.15. The molecule has 0 saturated heterocycles. The summed E-state index contributed by atoms with van der Waals surface area (Å²) in [7, 11) is 0. The van der Waals surface area contributed by atoms with Crippen LogP contribution in [0.2, 0.25) is 5.02 Å². The highest BCUT2D eigenvalue weighted by atomic mass is 35.5. The third kappa shape index (κ3) is 8.80. The summed E-state index contributed by atoms with van der Waals surface area (Å²) in [6.07, 6.45) is -9.46. The topological polar surface area (TPSA) is 85.4 Å². The van der Waals surface area contributed by atoms with Crippen LogP contribution in [0, 0.1) is 0 Å². The van der Waals surface area contributed by atoms with Crippen LogP contribution in [0.1, 0.15) is 10.4 Å². The van der Waals surface area contributed by atoms with Gasteiger partial charge in [0.05, 0.1) is 16.7 Å². The Bertz CT molecular complexity index is 921. The molecule has 1 aromatic carbocycles. The number of aromatic nitrogens is 2. The van der Waals surface area contributed by atoms with E-state index in [1.807, 2.05) is 0 Å². The largest absolute Gasteiger partial charge is 0.468 e. The number of carbonyl (C=O) groups excluding carboxylic acids is 1. The Morgan fingerprint density at radius 1 is 1.00 bits per heavy atom. The Labute approximate surface area is 180 Å². The van der Waals surface area contributed by atoms with Gasteiger partial charge in [0.1, 0.15) is 0 Å². The molecule has 0 radical (unpaired) electrons. The SMILES string of the molecule is O=C(NC(=S)Nc1nc(OCC(F)(F)F)cc(OCC(F)(F)F)n1)c1ccccc1Cl. The van der Waals surface area contributed by atoms with Crippen LogP contribution in [0.25, 0.3) is 0 Å². The van der Waals surface area contributed by atoms with Gasteiger partial charge in [-0.05, 0) is 24.4 Å². The van der Waals surface area contributed by atoms with Gasteiger partial charge in [0.2, 0.25) is 17.7 Å². The Hall–Kier alpha value is -2.87. The summed E-state index contributed by atoms with van der Waals surface area (Å²) in [5.74, 6) is -2.80. The number of nitrogens with one attached hydrogen (secondary N) is 2. The molecule has 0 saturated carbocycles. The fourth-order valence-corrected chi connectivity index (χ4v) is 2.27. The highest BCUT2D eigenvalue weighted by Gasteiger charge is 2.30. The van der Waals surface area contributed by atoms with Gasteiger partial charge >= 0.3 is 12.4 Å². The molecule has 0 aliphatic carbocycles. The normalized spacial score (nSPS) is 11.6. The summed E-state index contributed by atoms with van der Waals surface area (Å²) in [5.41, 5.74) is 0.0608. The summed E-state index contributed by atoms with van der Waals surface area (Å²) in [5, 5.41) is 4.16. The van der Waals surface area contributed by atoms with E-state index >= 15 is 0 Å². The lowest BCUT2D eigenvalue weighted by molar-refractivity contribution is -0.154. The molecule has 31 heavy (non-hydrogen) atoms. The van der Waals surface area contributed by atoms with Crippen LogP contribution >= 0.6 is 23.8 Å². The second-order valence-corrected chi connectivity index (χ2v) is 6.38. The second kappa shape index (κ2) is 9.96. The molecular formula is C16H11ClF6N4O3S. The lowest BCUT2D eigenvalue weighted by Gasteiger charge is -2.14. The summed E-state index contributed by atoms with van der Waals surface area (Å²) < 4.78 is 82.9. The first-order valence-corrected chi connectivity index (χ1v) is 8.76. The first-order valence-electron chi connectivity index (χ1n) is 7.97. The molecule has 15 heteroatoms. The molecule has 1 amide bonds. The average molecular weight is 489 g/mol. The first-order chi connectivity index (χ1) is 14.3. The van der Waals surface area contributed by atoms with E-state index in [0.717, 1.165) is 0 Å². The maximum Gasteiger partial charge on any atom is 0.422 e. The molecular weight excluding hydrogens is 478 g/mol. The van der Waals surface area contributed by atoms with E-state index in [1.165, 1.54) is 18.2 Å². The fraction of sp³-hybridized carbons (Fsp3) is 0.250. The average Bonchev–Trinajstić information content (AvgIpc) is 2.63. The number of hydrogen-bond acceptors (Lipinski definition) is 6. The van der Waals surface area contributed by atoms with Gasteiger partial charge in [-0.3, -0.25) is 10.1 Å². The predicted molar refractivity (Wildman–Crippen MR) is 100 cm³/mol. The molecule has 0 fully saturated rings. The third-order valence-corrected chi connectivity index (χ3v) is 3.55. The third-order valence-electron chi connectivity index (χ3n) is 3.02. The number of amides is 1. The monoisotopic (exact) mass is 488 g/mol. The van der Waals surface area contributed by atoms with Crippen LogP contribution in [0.5, 0.6) is 11.8 Å². The van der Waals surface area contributed by atoms with E-state index in [2.05, 4.69) is 30.1 Å². The molecule has 1 heterocycles. The minimum absolute atomic E-state index is 0.0608. The number of benzene rings is 1.